The molecular formula is C23H26N4O5S. The summed E-state index contributed by atoms with van der Waals surface area (Å²) in [6.07, 6.45) is -0.293. The predicted octanol–water partition coefficient (Wildman–Crippen LogP) is 3.70. The molecule has 0 radical (unpaired) electrons. The SMILES string of the molecule is CC[C@@H](Oc1cccc(OC)c1)C(=O)Nc1ccc(S(=O)(=O)Nc2nc(C)cc(C)n2)cc1. The second kappa shape index (κ2) is 10.3. The number of amides is 1. The van der Waals surface area contributed by atoms with Crippen LogP contribution in [0.2, 0.25) is 0 Å². The molecule has 0 aliphatic carbocycles. The van der Waals surface area contributed by atoms with Gasteiger partial charge >= 0.3 is 0 Å². The van der Waals surface area contributed by atoms with E-state index in [1.54, 1.807) is 51.3 Å². The summed E-state index contributed by atoms with van der Waals surface area (Å²) in [4.78, 5) is 20.9. The van der Waals surface area contributed by atoms with Crippen LogP contribution in [0.1, 0.15) is 24.7 Å². The Kier molecular flexibility index (Phi) is 7.49. The number of methoxy groups -OCH3 is 1. The van der Waals surface area contributed by atoms with Crippen LogP contribution in [0.25, 0.3) is 0 Å². The maximum Gasteiger partial charge on any atom is 0.265 e. The third kappa shape index (κ3) is 6.42. The van der Waals surface area contributed by atoms with Gasteiger partial charge in [-0.2, -0.15) is 0 Å². The minimum absolute atomic E-state index is 0.00496. The highest BCUT2D eigenvalue weighted by atomic mass is 32.2. The van der Waals surface area contributed by atoms with E-state index in [-0.39, 0.29) is 16.8 Å². The van der Waals surface area contributed by atoms with Gasteiger partial charge in [0, 0.05) is 23.1 Å². The topological polar surface area (TPSA) is 120 Å². The first-order valence-electron chi connectivity index (χ1n) is 10.3. The number of carbonyl (C=O) groups excluding carboxylic acids is 1. The highest BCUT2D eigenvalue weighted by Gasteiger charge is 2.20. The fraction of sp³-hybridized carbons (Fsp3) is 0.261. The van der Waals surface area contributed by atoms with Gasteiger partial charge in [-0.15, -0.1) is 0 Å². The Morgan fingerprint density at radius 3 is 2.24 bits per heavy atom. The maximum atomic E-state index is 12.7. The van der Waals surface area contributed by atoms with E-state index in [1.165, 1.54) is 24.3 Å². The molecule has 0 saturated heterocycles. The fourth-order valence-corrected chi connectivity index (χ4v) is 4.00. The number of hydrogen-bond donors (Lipinski definition) is 2. The molecule has 1 amide bonds. The highest BCUT2D eigenvalue weighted by molar-refractivity contribution is 7.92. The lowest BCUT2D eigenvalue weighted by atomic mass is 10.2. The molecule has 0 saturated carbocycles. The van der Waals surface area contributed by atoms with E-state index in [2.05, 4.69) is 20.0 Å². The Balaban J connectivity index is 1.67. The van der Waals surface area contributed by atoms with E-state index in [0.717, 1.165) is 0 Å². The molecule has 0 bridgehead atoms. The van der Waals surface area contributed by atoms with E-state index in [9.17, 15) is 13.2 Å². The third-order valence-electron chi connectivity index (χ3n) is 4.62. The number of anilines is 2. The lowest BCUT2D eigenvalue weighted by Gasteiger charge is -2.18. The van der Waals surface area contributed by atoms with Crippen LogP contribution < -0.4 is 19.5 Å². The number of hydrogen-bond acceptors (Lipinski definition) is 7. The maximum absolute atomic E-state index is 12.7. The third-order valence-corrected chi connectivity index (χ3v) is 5.97. The van der Waals surface area contributed by atoms with Gasteiger partial charge in [0.1, 0.15) is 11.5 Å². The molecule has 2 N–H and O–H groups in total. The van der Waals surface area contributed by atoms with Gasteiger partial charge in [-0.3, -0.25) is 4.79 Å². The van der Waals surface area contributed by atoms with Crippen LogP contribution in [-0.2, 0) is 14.8 Å². The van der Waals surface area contributed by atoms with Gasteiger partial charge in [0.2, 0.25) is 5.95 Å². The normalized spacial score (nSPS) is 12.0. The van der Waals surface area contributed by atoms with Crippen LogP contribution in [-0.4, -0.2) is 37.5 Å². The molecule has 0 unspecified atom stereocenters. The smallest absolute Gasteiger partial charge is 0.265 e. The van der Waals surface area contributed by atoms with Crippen LogP contribution in [0.15, 0.2) is 59.5 Å². The summed E-state index contributed by atoms with van der Waals surface area (Å²) >= 11 is 0. The molecule has 174 valence electrons. The number of sulfonamides is 1. The van der Waals surface area contributed by atoms with Gasteiger partial charge in [0.25, 0.3) is 15.9 Å². The van der Waals surface area contributed by atoms with Gasteiger partial charge in [-0.05, 0) is 62.7 Å². The molecule has 3 aromatic rings. The largest absolute Gasteiger partial charge is 0.497 e. The van der Waals surface area contributed by atoms with E-state index in [0.29, 0.717) is 35.0 Å². The average molecular weight is 471 g/mol. The molecule has 0 aliphatic heterocycles. The van der Waals surface area contributed by atoms with Crippen molar-refractivity contribution >= 4 is 27.6 Å². The molecule has 2 aromatic carbocycles. The van der Waals surface area contributed by atoms with E-state index in [1.807, 2.05) is 6.92 Å². The summed E-state index contributed by atoms with van der Waals surface area (Å²) in [5, 5.41) is 2.75. The van der Waals surface area contributed by atoms with Crippen LogP contribution in [0.3, 0.4) is 0 Å². The Bertz CT molecular complexity index is 1210. The van der Waals surface area contributed by atoms with Crippen molar-refractivity contribution in [2.45, 2.75) is 38.2 Å². The lowest BCUT2D eigenvalue weighted by Crippen LogP contribution is -2.32. The van der Waals surface area contributed by atoms with Crippen LogP contribution in [0, 0.1) is 13.8 Å². The molecular weight excluding hydrogens is 444 g/mol. The number of nitrogens with zero attached hydrogens (tertiary/aromatic N) is 2. The minimum Gasteiger partial charge on any atom is -0.497 e. The summed E-state index contributed by atoms with van der Waals surface area (Å²) in [7, 11) is -2.33. The van der Waals surface area contributed by atoms with Gasteiger partial charge in [0.15, 0.2) is 6.10 Å². The van der Waals surface area contributed by atoms with Gasteiger partial charge in [-0.1, -0.05) is 13.0 Å². The molecule has 0 fully saturated rings. The number of carbonyl (C=O) groups is 1. The molecule has 9 nitrogen and oxygen atoms in total. The van der Waals surface area contributed by atoms with Crippen LogP contribution in [0.5, 0.6) is 11.5 Å². The number of aromatic nitrogens is 2. The fourth-order valence-electron chi connectivity index (χ4n) is 3.05. The number of aryl methyl sites for hydroxylation is 2. The molecule has 10 heteroatoms. The van der Waals surface area contributed by atoms with Gasteiger partial charge in [0.05, 0.1) is 12.0 Å². The van der Waals surface area contributed by atoms with Gasteiger partial charge in [-0.25, -0.2) is 23.1 Å². The van der Waals surface area contributed by atoms with Crippen LogP contribution in [0.4, 0.5) is 11.6 Å². The van der Waals surface area contributed by atoms with E-state index in [4.69, 9.17) is 9.47 Å². The van der Waals surface area contributed by atoms with Crippen molar-refractivity contribution in [3.8, 4) is 11.5 Å². The quantitative estimate of drug-likeness (QED) is 0.489. The monoisotopic (exact) mass is 470 g/mol. The van der Waals surface area contributed by atoms with Crippen molar-refractivity contribution in [1.82, 2.24) is 9.97 Å². The second-order valence-electron chi connectivity index (χ2n) is 7.29. The molecule has 1 heterocycles. The summed E-state index contributed by atoms with van der Waals surface area (Å²) in [5.74, 6) is 0.792. The standard InChI is InChI=1S/C23H26N4O5S/c1-5-21(32-19-8-6-7-18(14-19)31-4)22(28)26-17-9-11-20(12-10-17)33(29,30)27-23-24-15(2)13-16(3)25-23/h6-14,21H,5H2,1-4H3,(H,26,28)(H,24,25,27)/t21-/m1/s1. The Morgan fingerprint density at radius 1 is 1.00 bits per heavy atom. The Hall–Kier alpha value is -3.66. The van der Waals surface area contributed by atoms with Crippen molar-refractivity contribution in [2.24, 2.45) is 0 Å². The van der Waals surface area contributed by atoms with Gasteiger partial charge < -0.3 is 14.8 Å². The summed E-state index contributed by atoms with van der Waals surface area (Å²) in [6.45, 7) is 5.35. The molecule has 0 spiro atoms. The van der Waals surface area contributed by atoms with Crippen molar-refractivity contribution in [3.63, 3.8) is 0 Å². The molecule has 1 aromatic heterocycles. The lowest BCUT2D eigenvalue weighted by molar-refractivity contribution is -0.122. The number of rotatable bonds is 9. The Morgan fingerprint density at radius 2 is 1.64 bits per heavy atom. The minimum atomic E-state index is -3.88. The summed E-state index contributed by atoms with van der Waals surface area (Å²) in [5.41, 5.74) is 1.74. The zero-order chi connectivity index (χ0) is 24.0. The first kappa shape index (κ1) is 24.0. The molecule has 1 atom stereocenters. The zero-order valence-corrected chi connectivity index (χ0v) is 19.6. The number of nitrogens with one attached hydrogen (secondary N) is 2. The van der Waals surface area contributed by atoms with Crippen LogP contribution >= 0.6 is 0 Å². The molecule has 33 heavy (non-hydrogen) atoms. The van der Waals surface area contributed by atoms with E-state index >= 15 is 0 Å². The average Bonchev–Trinajstić information content (AvgIpc) is 2.77. The predicted molar refractivity (Wildman–Crippen MR) is 125 cm³/mol. The van der Waals surface area contributed by atoms with Crippen molar-refractivity contribution in [1.29, 1.82) is 0 Å². The zero-order valence-electron chi connectivity index (χ0n) is 18.8. The van der Waals surface area contributed by atoms with Crippen molar-refractivity contribution < 1.29 is 22.7 Å². The molecule has 3 rings (SSSR count). The number of ether oxygens (including phenoxy) is 2. The highest BCUT2D eigenvalue weighted by Crippen LogP contribution is 2.22. The number of benzene rings is 2. The first-order valence-corrected chi connectivity index (χ1v) is 11.7. The van der Waals surface area contributed by atoms with Crippen molar-refractivity contribution in [2.75, 3.05) is 17.1 Å². The van der Waals surface area contributed by atoms with Crippen molar-refractivity contribution in [3.05, 3.63) is 66.0 Å². The summed E-state index contributed by atoms with van der Waals surface area (Å²) < 4.78 is 38.7. The van der Waals surface area contributed by atoms with E-state index < -0.39 is 16.1 Å². The Labute approximate surface area is 193 Å². The first-order chi connectivity index (χ1) is 15.7. The summed E-state index contributed by atoms with van der Waals surface area (Å²) in [6, 6.07) is 14.5. The second-order valence-corrected chi connectivity index (χ2v) is 8.97. The molecule has 0 aliphatic rings.